The van der Waals surface area contributed by atoms with Crippen LogP contribution in [0.1, 0.15) is 44.2 Å². The van der Waals surface area contributed by atoms with Crippen LogP contribution in [0.2, 0.25) is 0 Å². The Kier molecular flexibility index (Phi) is 13.5. The number of rotatable bonds is 11. The van der Waals surface area contributed by atoms with Crippen molar-refractivity contribution in [2.75, 3.05) is 11.9 Å². The van der Waals surface area contributed by atoms with Crippen molar-refractivity contribution in [1.82, 2.24) is 10.5 Å². The van der Waals surface area contributed by atoms with E-state index in [0.717, 1.165) is 37.1 Å². The number of pyridine rings is 1. The van der Waals surface area contributed by atoms with Crippen molar-refractivity contribution in [3.63, 3.8) is 0 Å². The monoisotopic (exact) mass is 430 g/mol. The number of benzene rings is 1. The first-order valence-electron chi connectivity index (χ1n) is 10.1. The lowest BCUT2D eigenvalue weighted by atomic mass is 10.1. The summed E-state index contributed by atoms with van der Waals surface area (Å²) in [4.78, 5) is 36.5. The van der Waals surface area contributed by atoms with Crippen LogP contribution in [0.25, 0.3) is 0 Å². The lowest BCUT2D eigenvalue weighted by Gasteiger charge is -2.04. The molecule has 0 radical (unpaired) electrons. The van der Waals surface area contributed by atoms with Crippen LogP contribution >= 0.6 is 0 Å². The average molecular weight is 431 g/mol. The molecule has 9 heteroatoms. The molecule has 0 atom stereocenters. The zero-order valence-corrected chi connectivity index (χ0v) is 17.5. The molecule has 0 aliphatic rings. The second kappa shape index (κ2) is 16.3. The van der Waals surface area contributed by atoms with Gasteiger partial charge in [-0.25, -0.2) is 10.3 Å². The number of carbonyl (C=O) groups excluding carboxylic acids is 3. The quantitative estimate of drug-likeness (QED) is 0.245. The molecule has 1 aromatic carbocycles. The van der Waals surface area contributed by atoms with Gasteiger partial charge in [-0.3, -0.25) is 19.8 Å². The molecule has 0 bridgehead atoms. The molecule has 2 rings (SSSR count). The second-order valence-corrected chi connectivity index (χ2v) is 6.60. The Bertz CT molecular complexity index is 772. The minimum absolute atomic E-state index is 0.0132. The number of hydrogen-bond acceptors (Lipinski definition) is 6. The van der Waals surface area contributed by atoms with Gasteiger partial charge in [-0.05, 0) is 37.1 Å². The van der Waals surface area contributed by atoms with Crippen LogP contribution in [0.3, 0.4) is 0 Å². The fourth-order valence-electron chi connectivity index (χ4n) is 2.53. The Morgan fingerprint density at radius 1 is 0.903 bits per heavy atom. The predicted octanol–water partition coefficient (Wildman–Crippen LogP) is 3.19. The molecule has 2 aromatic rings. The van der Waals surface area contributed by atoms with E-state index in [-0.39, 0.29) is 18.4 Å². The molecule has 0 fully saturated rings. The standard InChI is InChI=1S/C14H20N2O3.C8H10N2O2/c17-13(15-12-8-4-3-5-9-12)10-6-1-2-7-11-14(18)16-19;9-8(11)12-6-4-7-3-1-2-5-10-7/h3-5,8-9,19H,1-2,6-7,10-11H2,(H,15,17)(H,16,18);1-3,5H,4,6H2,(H2,9,11). The third kappa shape index (κ3) is 14.2. The van der Waals surface area contributed by atoms with Crippen LogP contribution in [-0.2, 0) is 20.7 Å². The van der Waals surface area contributed by atoms with Gasteiger partial charge in [0.15, 0.2) is 0 Å². The van der Waals surface area contributed by atoms with E-state index in [9.17, 15) is 14.4 Å². The maximum Gasteiger partial charge on any atom is 0.404 e. The van der Waals surface area contributed by atoms with Crippen molar-refractivity contribution >= 4 is 23.6 Å². The number of anilines is 1. The summed E-state index contributed by atoms with van der Waals surface area (Å²) in [6.07, 6.45) is 5.68. The normalized spacial score (nSPS) is 9.71. The Morgan fingerprint density at radius 2 is 1.55 bits per heavy atom. The lowest BCUT2D eigenvalue weighted by molar-refractivity contribution is -0.129. The summed E-state index contributed by atoms with van der Waals surface area (Å²) >= 11 is 0. The van der Waals surface area contributed by atoms with Crippen molar-refractivity contribution in [2.24, 2.45) is 5.73 Å². The minimum atomic E-state index is -0.745. The van der Waals surface area contributed by atoms with Gasteiger partial charge in [-0.15, -0.1) is 0 Å². The van der Waals surface area contributed by atoms with Crippen LogP contribution in [0.4, 0.5) is 10.5 Å². The number of carbonyl (C=O) groups is 3. The van der Waals surface area contributed by atoms with Gasteiger partial charge in [0.25, 0.3) is 0 Å². The topological polar surface area (TPSA) is 144 Å². The summed E-state index contributed by atoms with van der Waals surface area (Å²) in [6.45, 7) is 0.284. The van der Waals surface area contributed by atoms with Gasteiger partial charge in [0.2, 0.25) is 11.8 Å². The van der Waals surface area contributed by atoms with Crippen LogP contribution in [0, 0.1) is 0 Å². The lowest BCUT2D eigenvalue weighted by Crippen LogP contribution is -2.17. The van der Waals surface area contributed by atoms with Gasteiger partial charge in [0.1, 0.15) is 0 Å². The van der Waals surface area contributed by atoms with Crippen LogP contribution in [0.15, 0.2) is 54.7 Å². The molecule has 3 amide bonds. The molecular formula is C22H30N4O5. The van der Waals surface area contributed by atoms with Gasteiger partial charge < -0.3 is 15.8 Å². The fourth-order valence-corrected chi connectivity index (χ4v) is 2.53. The predicted molar refractivity (Wildman–Crippen MR) is 116 cm³/mol. The molecular weight excluding hydrogens is 400 g/mol. The molecule has 1 aromatic heterocycles. The molecule has 0 saturated heterocycles. The van der Waals surface area contributed by atoms with Gasteiger partial charge in [0, 0.05) is 36.8 Å². The Balaban J connectivity index is 0.000000343. The Labute approximate surface area is 182 Å². The molecule has 5 N–H and O–H groups in total. The summed E-state index contributed by atoms with van der Waals surface area (Å²) in [6, 6.07) is 14.9. The molecule has 31 heavy (non-hydrogen) atoms. The molecule has 9 nitrogen and oxygen atoms in total. The van der Waals surface area contributed by atoms with E-state index >= 15 is 0 Å². The number of unbranched alkanes of at least 4 members (excludes halogenated alkanes) is 3. The number of hydroxylamine groups is 1. The highest BCUT2D eigenvalue weighted by Gasteiger charge is 2.02. The SMILES string of the molecule is NC(=O)OCCc1ccccn1.O=C(CCCCCCC(=O)Nc1ccccc1)NO. The van der Waals surface area contributed by atoms with E-state index in [2.05, 4.69) is 15.0 Å². The van der Waals surface area contributed by atoms with Crippen molar-refractivity contribution in [2.45, 2.75) is 44.9 Å². The molecule has 0 saturated carbocycles. The largest absolute Gasteiger partial charge is 0.449 e. The number of para-hydroxylation sites is 1. The average Bonchev–Trinajstić information content (AvgIpc) is 2.77. The van der Waals surface area contributed by atoms with E-state index in [4.69, 9.17) is 10.9 Å². The molecule has 1 heterocycles. The highest BCUT2D eigenvalue weighted by molar-refractivity contribution is 5.90. The zero-order chi connectivity index (χ0) is 22.7. The Hall–Kier alpha value is -3.46. The van der Waals surface area contributed by atoms with E-state index in [1.54, 1.807) is 11.7 Å². The summed E-state index contributed by atoms with van der Waals surface area (Å²) < 4.78 is 4.54. The fraction of sp³-hybridized carbons (Fsp3) is 0.364. The smallest absolute Gasteiger partial charge is 0.404 e. The minimum Gasteiger partial charge on any atom is -0.449 e. The third-order valence-corrected chi connectivity index (χ3v) is 4.07. The highest BCUT2D eigenvalue weighted by Crippen LogP contribution is 2.09. The molecule has 0 unspecified atom stereocenters. The zero-order valence-electron chi connectivity index (χ0n) is 17.5. The maximum absolute atomic E-state index is 11.6. The van der Waals surface area contributed by atoms with E-state index in [1.807, 2.05) is 48.5 Å². The first-order chi connectivity index (χ1) is 15.0. The number of nitrogens with two attached hydrogens (primary N) is 1. The maximum atomic E-state index is 11.6. The first-order valence-corrected chi connectivity index (χ1v) is 10.1. The van der Waals surface area contributed by atoms with Gasteiger partial charge in [-0.1, -0.05) is 37.1 Å². The van der Waals surface area contributed by atoms with Crippen molar-refractivity contribution in [3.8, 4) is 0 Å². The highest BCUT2D eigenvalue weighted by atomic mass is 16.5. The number of aromatic nitrogens is 1. The summed E-state index contributed by atoms with van der Waals surface area (Å²) in [5.74, 6) is -0.346. The Morgan fingerprint density at radius 3 is 2.13 bits per heavy atom. The van der Waals surface area contributed by atoms with Gasteiger partial charge in [-0.2, -0.15) is 0 Å². The number of nitrogens with zero attached hydrogens (tertiary/aromatic N) is 1. The molecule has 0 aliphatic carbocycles. The molecule has 0 aliphatic heterocycles. The first kappa shape index (κ1) is 25.6. The van der Waals surface area contributed by atoms with E-state index < -0.39 is 6.09 Å². The summed E-state index contributed by atoms with van der Waals surface area (Å²) in [5.41, 5.74) is 8.07. The van der Waals surface area contributed by atoms with Crippen LogP contribution in [-0.4, -0.2) is 34.7 Å². The van der Waals surface area contributed by atoms with Crippen molar-refractivity contribution < 1.29 is 24.3 Å². The third-order valence-electron chi connectivity index (χ3n) is 4.07. The number of hydrogen-bond donors (Lipinski definition) is 4. The van der Waals surface area contributed by atoms with Crippen molar-refractivity contribution in [3.05, 3.63) is 60.4 Å². The molecule has 0 spiro atoms. The second-order valence-electron chi connectivity index (χ2n) is 6.60. The number of amides is 3. The van der Waals surface area contributed by atoms with E-state index in [0.29, 0.717) is 19.3 Å². The van der Waals surface area contributed by atoms with Crippen molar-refractivity contribution in [1.29, 1.82) is 0 Å². The van der Waals surface area contributed by atoms with Gasteiger partial charge >= 0.3 is 6.09 Å². The van der Waals surface area contributed by atoms with E-state index in [1.165, 1.54) is 0 Å². The summed E-state index contributed by atoms with van der Waals surface area (Å²) in [5, 5.41) is 11.1. The van der Waals surface area contributed by atoms with Crippen LogP contribution in [0.5, 0.6) is 0 Å². The van der Waals surface area contributed by atoms with Gasteiger partial charge in [0.05, 0.1) is 6.61 Å². The van der Waals surface area contributed by atoms with Crippen LogP contribution < -0.4 is 16.5 Å². The number of primary amides is 1. The molecule has 168 valence electrons. The number of ether oxygens (including phenoxy) is 1. The summed E-state index contributed by atoms with van der Waals surface area (Å²) in [7, 11) is 0. The number of nitrogens with one attached hydrogen (secondary N) is 2.